The van der Waals surface area contributed by atoms with E-state index in [-0.39, 0.29) is 11.5 Å². The summed E-state index contributed by atoms with van der Waals surface area (Å²) in [4.78, 5) is 9.72. The first-order valence-corrected chi connectivity index (χ1v) is 7.58. The van der Waals surface area contributed by atoms with E-state index < -0.39 is 0 Å². The second-order valence-electron chi connectivity index (χ2n) is 4.91. The lowest BCUT2D eigenvalue weighted by Gasteiger charge is -2.04. The number of thiazole rings is 1. The van der Waals surface area contributed by atoms with Gasteiger partial charge in [-0.2, -0.15) is 0 Å². The molecule has 0 radical (unpaired) electrons. The highest BCUT2D eigenvalue weighted by molar-refractivity contribution is 7.07. The molecule has 0 aliphatic rings. The molecule has 5 nitrogen and oxygen atoms in total. The topological polar surface area (TPSA) is 70.6 Å². The first-order valence-electron chi connectivity index (χ1n) is 6.70. The molecule has 0 atom stereocenters. The third-order valence-corrected chi connectivity index (χ3v) is 4.20. The first kappa shape index (κ1) is 14.3. The Balaban J connectivity index is 2.07. The maximum Gasteiger partial charge on any atom is 0.191 e. The number of hydrogen-bond acceptors (Lipinski definition) is 5. The second-order valence-corrected chi connectivity index (χ2v) is 5.75. The molecular weight excluding hydrogens is 298 g/mol. The zero-order valence-corrected chi connectivity index (χ0v) is 13.0. The maximum atomic E-state index is 9.64. The van der Waals surface area contributed by atoms with Gasteiger partial charge in [-0.1, -0.05) is 6.07 Å². The number of nitrogens with zero attached hydrogens (tertiary/aromatic N) is 3. The number of phenols is 2. The predicted octanol–water partition coefficient (Wildman–Crippen LogP) is 3.10. The monoisotopic (exact) mass is 313 g/mol. The minimum absolute atomic E-state index is 0.129. The Morgan fingerprint density at radius 2 is 1.95 bits per heavy atom. The van der Waals surface area contributed by atoms with Crippen LogP contribution in [0.15, 0.2) is 46.8 Å². The SMILES string of the molecule is Cc1cccc(/N=c2\scc(-c3ccc(O)c(O)c3)n2C)n1. The van der Waals surface area contributed by atoms with E-state index in [2.05, 4.69) is 9.98 Å². The molecule has 0 aliphatic carbocycles. The van der Waals surface area contributed by atoms with Crippen LogP contribution in [0.2, 0.25) is 0 Å². The maximum absolute atomic E-state index is 9.64. The van der Waals surface area contributed by atoms with Crippen molar-refractivity contribution in [2.24, 2.45) is 12.0 Å². The van der Waals surface area contributed by atoms with Crippen molar-refractivity contribution in [1.29, 1.82) is 0 Å². The molecule has 22 heavy (non-hydrogen) atoms. The molecular formula is C16H15N3O2S. The molecule has 112 valence electrons. The largest absolute Gasteiger partial charge is 0.504 e. The van der Waals surface area contributed by atoms with Crippen LogP contribution in [0.25, 0.3) is 11.3 Å². The van der Waals surface area contributed by atoms with Crippen LogP contribution in [0.1, 0.15) is 5.69 Å². The van der Waals surface area contributed by atoms with Crippen LogP contribution in [0.3, 0.4) is 0 Å². The minimum Gasteiger partial charge on any atom is -0.504 e. The van der Waals surface area contributed by atoms with Crippen LogP contribution < -0.4 is 4.80 Å². The Labute approximate surface area is 131 Å². The second kappa shape index (κ2) is 5.65. The number of aromatic nitrogens is 2. The van der Waals surface area contributed by atoms with E-state index in [1.165, 1.54) is 23.5 Å². The van der Waals surface area contributed by atoms with Gasteiger partial charge in [0.05, 0.1) is 5.69 Å². The summed E-state index contributed by atoms with van der Waals surface area (Å²) >= 11 is 1.49. The van der Waals surface area contributed by atoms with Crippen molar-refractivity contribution in [3.05, 3.63) is 52.3 Å². The molecule has 0 spiro atoms. The van der Waals surface area contributed by atoms with Gasteiger partial charge in [0.2, 0.25) is 0 Å². The molecule has 0 bridgehead atoms. The molecule has 0 aliphatic heterocycles. The van der Waals surface area contributed by atoms with Gasteiger partial charge in [-0.15, -0.1) is 11.3 Å². The minimum atomic E-state index is -0.137. The van der Waals surface area contributed by atoms with Gasteiger partial charge in [0, 0.05) is 23.7 Å². The fourth-order valence-corrected chi connectivity index (χ4v) is 3.02. The van der Waals surface area contributed by atoms with Crippen molar-refractivity contribution in [2.75, 3.05) is 0 Å². The van der Waals surface area contributed by atoms with Crippen molar-refractivity contribution in [3.63, 3.8) is 0 Å². The summed E-state index contributed by atoms with van der Waals surface area (Å²) in [5.41, 5.74) is 2.64. The van der Waals surface area contributed by atoms with Gasteiger partial charge in [0.25, 0.3) is 0 Å². The first-order chi connectivity index (χ1) is 10.5. The van der Waals surface area contributed by atoms with Crippen molar-refractivity contribution in [1.82, 2.24) is 9.55 Å². The predicted molar refractivity (Wildman–Crippen MR) is 86.3 cm³/mol. The van der Waals surface area contributed by atoms with Crippen LogP contribution in [0.4, 0.5) is 5.82 Å². The van der Waals surface area contributed by atoms with Gasteiger partial charge in [0.1, 0.15) is 0 Å². The fourth-order valence-electron chi connectivity index (χ4n) is 2.10. The normalized spacial score (nSPS) is 11.8. The van der Waals surface area contributed by atoms with E-state index in [0.29, 0.717) is 5.82 Å². The highest BCUT2D eigenvalue weighted by Crippen LogP contribution is 2.30. The summed E-state index contributed by atoms with van der Waals surface area (Å²) < 4.78 is 1.93. The van der Waals surface area contributed by atoms with Crippen molar-refractivity contribution in [2.45, 2.75) is 6.92 Å². The van der Waals surface area contributed by atoms with Gasteiger partial charge < -0.3 is 14.8 Å². The Kier molecular flexibility index (Phi) is 3.68. The summed E-state index contributed by atoms with van der Waals surface area (Å²) in [6.45, 7) is 1.93. The molecule has 3 rings (SSSR count). The lowest BCUT2D eigenvalue weighted by atomic mass is 10.1. The number of benzene rings is 1. The zero-order chi connectivity index (χ0) is 15.7. The van der Waals surface area contributed by atoms with Crippen molar-refractivity contribution < 1.29 is 10.2 Å². The van der Waals surface area contributed by atoms with E-state index >= 15 is 0 Å². The van der Waals surface area contributed by atoms with Crippen molar-refractivity contribution in [3.8, 4) is 22.8 Å². The molecule has 1 aromatic carbocycles. The molecule has 6 heteroatoms. The molecule has 2 N–H and O–H groups in total. The molecule has 0 saturated carbocycles. The van der Waals surface area contributed by atoms with E-state index in [1.807, 2.05) is 42.1 Å². The molecule has 0 amide bonds. The molecule has 0 unspecified atom stereocenters. The van der Waals surface area contributed by atoms with E-state index in [9.17, 15) is 10.2 Å². The van der Waals surface area contributed by atoms with Gasteiger partial charge >= 0.3 is 0 Å². The summed E-state index contributed by atoms with van der Waals surface area (Å²) in [5, 5.41) is 21.0. The Morgan fingerprint density at radius 1 is 1.14 bits per heavy atom. The highest BCUT2D eigenvalue weighted by Gasteiger charge is 2.08. The van der Waals surface area contributed by atoms with Crippen molar-refractivity contribution >= 4 is 17.2 Å². The summed E-state index contributed by atoms with van der Waals surface area (Å²) in [6, 6.07) is 10.5. The number of aromatic hydroxyl groups is 2. The smallest absolute Gasteiger partial charge is 0.191 e. The van der Waals surface area contributed by atoms with E-state index in [1.54, 1.807) is 6.07 Å². The van der Waals surface area contributed by atoms with Crippen LogP contribution in [-0.2, 0) is 7.05 Å². The lowest BCUT2D eigenvalue weighted by Crippen LogP contribution is -2.11. The van der Waals surface area contributed by atoms with E-state index in [0.717, 1.165) is 21.8 Å². The Bertz CT molecular complexity index is 896. The average Bonchev–Trinajstić information content (AvgIpc) is 2.83. The molecule has 0 fully saturated rings. The van der Waals surface area contributed by atoms with Gasteiger partial charge in [-0.25, -0.2) is 9.98 Å². The number of aryl methyl sites for hydroxylation is 1. The van der Waals surface area contributed by atoms with Crippen LogP contribution in [0, 0.1) is 6.92 Å². The summed E-state index contributed by atoms with van der Waals surface area (Å²) in [7, 11) is 1.91. The van der Waals surface area contributed by atoms with E-state index in [4.69, 9.17) is 0 Å². The van der Waals surface area contributed by atoms with Gasteiger partial charge in [0.15, 0.2) is 22.1 Å². The number of rotatable bonds is 2. The highest BCUT2D eigenvalue weighted by atomic mass is 32.1. The number of pyridine rings is 1. The quantitative estimate of drug-likeness (QED) is 0.714. The zero-order valence-electron chi connectivity index (χ0n) is 12.2. The van der Waals surface area contributed by atoms with Crippen LogP contribution >= 0.6 is 11.3 Å². The third-order valence-electron chi connectivity index (χ3n) is 3.28. The summed E-state index contributed by atoms with van der Waals surface area (Å²) in [6.07, 6.45) is 0. The molecule has 2 heterocycles. The molecule has 2 aromatic heterocycles. The average molecular weight is 313 g/mol. The molecule has 0 saturated heterocycles. The Morgan fingerprint density at radius 3 is 2.68 bits per heavy atom. The third kappa shape index (κ3) is 2.73. The fraction of sp³-hybridized carbons (Fsp3) is 0.125. The number of hydrogen-bond donors (Lipinski definition) is 2. The van der Waals surface area contributed by atoms with Gasteiger partial charge in [-0.05, 0) is 37.3 Å². The summed E-state index contributed by atoms with van der Waals surface area (Å²) in [5.74, 6) is 0.399. The van der Waals surface area contributed by atoms with Gasteiger partial charge in [-0.3, -0.25) is 0 Å². The molecule has 3 aromatic rings. The van der Waals surface area contributed by atoms with Crippen LogP contribution in [-0.4, -0.2) is 19.8 Å². The number of phenolic OH excluding ortho intramolecular Hbond substituents is 2. The Hall–Kier alpha value is -2.60. The van der Waals surface area contributed by atoms with Crippen LogP contribution in [0.5, 0.6) is 11.5 Å². The lowest BCUT2D eigenvalue weighted by molar-refractivity contribution is 0.404. The standard InChI is InChI=1S/C16H15N3O2S/c1-10-4-3-5-15(17-10)18-16-19(2)12(9-22-16)11-6-7-13(20)14(21)8-11/h3-9,20-21H,1-2H3/b18-16-.